The van der Waals surface area contributed by atoms with Gasteiger partial charge in [0.2, 0.25) is 0 Å². The molecule has 0 N–H and O–H groups in total. The van der Waals surface area contributed by atoms with Crippen LogP contribution in [-0.4, -0.2) is 75.2 Å². The molecular formula is C26H21Cl4NO10S. The molecule has 2 amide bonds. The van der Waals surface area contributed by atoms with E-state index in [2.05, 4.69) is 0 Å². The zero-order valence-electron chi connectivity index (χ0n) is 21.9. The topological polar surface area (TPSA) is 143 Å². The summed E-state index contributed by atoms with van der Waals surface area (Å²) >= 11 is 25.0. The number of nitrogens with zero attached hydrogens (tertiary/aromatic N) is 1. The Morgan fingerprint density at radius 3 is 1.79 bits per heavy atom. The summed E-state index contributed by atoms with van der Waals surface area (Å²) in [7, 11) is -2.17. The SMILES string of the molecule is CC(=O)OC[C@H]1O[C@@H](S(=O)c2ccccc2)[C@H](N2C(=O)c3c(Cl)c(Cl)c(Cl)c(Cl)c3C2=O)[C@@H](OC(C)=O)[C@@H]1OC(C)=O. The van der Waals surface area contributed by atoms with Gasteiger partial charge in [0.1, 0.15) is 18.8 Å². The van der Waals surface area contributed by atoms with Crippen molar-refractivity contribution < 1.29 is 47.1 Å². The number of halogens is 4. The maximum Gasteiger partial charge on any atom is 0.303 e. The zero-order valence-corrected chi connectivity index (χ0v) is 25.8. The molecule has 2 aliphatic rings. The molecule has 2 aromatic carbocycles. The number of amides is 2. The van der Waals surface area contributed by atoms with E-state index < -0.39 is 88.0 Å². The number of ether oxygens (including phenoxy) is 4. The van der Waals surface area contributed by atoms with Gasteiger partial charge >= 0.3 is 17.9 Å². The van der Waals surface area contributed by atoms with Crippen molar-refractivity contribution in [3.63, 3.8) is 0 Å². The fourth-order valence-electron chi connectivity index (χ4n) is 4.66. The highest BCUT2D eigenvalue weighted by atomic mass is 35.5. The lowest BCUT2D eigenvalue weighted by atomic mass is 9.96. The van der Waals surface area contributed by atoms with Gasteiger partial charge in [0.25, 0.3) is 11.8 Å². The Kier molecular flexibility index (Phi) is 9.86. The van der Waals surface area contributed by atoms with E-state index in [1.54, 1.807) is 18.2 Å². The van der Waals surface area contributed by atoms with Crippen LogP contribution in [0.4, 0.5) is 0 Å². The first-order valence-electron chi connectivity index (χ1n) is 12.1. The second kappa shape index (κ2) is 12.9. The van der Waals surface area contributed by atoms with Crippen LogP contribution in [-0.2, 0) is 44.1 Å². The number of benzene rings is 2. The van der Waals surface area contributed by atoms with E-state index in [4.69, 9.17) is 65.4 Å². The summed E-state index contributed by atoms with van der Waals surface area (Å²) in [6, 6.07) is 6.18. The number of imide groups is 1. The number of rotatable bonds is 7. The highest BCUT2D eigenvalue weighted by Gasteiger charge is 2.59. The molecule has 0 bridgehead atoms. The van der Waals surface area contributed by atoms with E-state index in [1.807, 2.05) is 0 Å². The van der Waals surface area contributed by atoms with Crippen molar-refractivity contribution >= 4 is 86.9 Å². The second-order valence-electron chi connectivity index (χ2n) is 9.08. The van der Waals surface area contributed by atoms with E-state index >= 15 is 0 Å². The van der Waals surface area contributed by atoms with E-state index in [0.29, 0.717) is 4.90 Å². The van der Waals surface area contributed by atoms with Crippen LogP contribution in [0.1, 0.15) is 41.5 Å². The molecule has 6 atom stereocenters. The minimum Gasteiger partial charge on any atom is -0.463 e. The molecule has 0 aliphatic carbocycles. The third kappa shape index (κ3) is 6.01. The van der Waals surface area contributed by atoms with E-state index in [0.717, 1.165) is 20.8 Å². The molecule has 42 heavy (non-hydrogen) atoms. The Balaban J connectivity index is 1.94. The maximum absolute atomic E-state index is 14.0. The van der Waals surface area contributed by atoms with Crippen molar-refractivity contribution in [3.8, 4) is 0 Å². The third-order valence-electron chi connectivity index (χ3n) is 6.29. The average molecular weight is 681 g/mol. The Bertz CT molecular complexity index is 1460. The van der Waals surface area contributed by atoms with Crippen molar-refractivity contribution in [1.82, 2.24) is 4.90 Å². The van der Waals surface area contributed by atoms with Crippen molar-refractivity contribution in [2.24, 2.45) is 0 Å². The van der Waals surface area contributed by atoms with Crippen LogP contribution in [0.3, 0.4) is 0 Å². The summed E-state index contributed by atoms with van der Waals surface area (Å²) in [6.45, 7) is 2.70. The molecule has 1 saturated heterocycles. The number of hydrogen-bond acceptors (Lipinski definition) is 10. The predicted molar refractivity (Wildman–Crippen MR) is 150 cm³/mol. The molecule has 0 spiro atoms. The first-order chi connectivity index (χ1) is 19.8. The van der Waals surface area contributed by atoms with Gasteiger partial charge in [0.05, 0.1) is 42.0 Å². The van der Waals surface area contributed by atoms with Gasteiger partial charge in [0.15, 0.2) is 17.6 Å². The summed E-state index contributed by atoms with van der Waals surface area (Å²) in [5.41, 5.74) is -2.40. The van der Waals surface area contributed by atoms with Crippen molar-refractivity contribution in [2.45, 2.75) is 55.5 Å². The molecule has 2 aliphatic heterocycles. The predicted octanol–water partition coefficient (Wildman–Crippen LogP) is 4.22. The molecule has 224 valence electrons. The van der Waals surface area contributed by atoms with Gasteiger partial charge in [-0.15, -0.1) is 0 Å². The first kappa shape index (κ1) is 32.2. The van der Waals surface area contributed by atoms with Crippen LogP contribution in [0.5, 0.6) is 0 Å². The number of fused-ring (bicyclic) bond motifs is 1. The number of carbonyl (C=O) groups is 5. The number of hydrogen-bond donors (Lipinski definition) is 0. The monoisotopic (exact) mass is 679 g/mol. The van der Waals surface area contributed by atoms with Gasteiger partial charge in [-0.1, -0.05) is 64.6 Å². The van der Waals surface area contributed by atoms with Gasteiger partial charge in [0, 0.05) is 25.7 Å². The standard InChI is InChI=1S/C26H21Cl4NO10S/c1-10(32)38-9-14-22(39-11(2)33)23(40-12(3)34)21(26(41-14)42(37)13-7-5-4-6-8-13)31-24(35)15-16(25(31)36)18(28)20(30)19(29)17(15)27/h4-8,14,21-23,26H,9H2,1-3H3/t14-,21-,22-,23-,26+,42?/m1/s1. The van der Waals surface area contributed by atoms with Crippen LogP contribution in [0.2, 0.25) is 20.1 Å². The van der Waals surface area contributed by atoms with Crippen LogP contribution in [0, 0.1) is 0 Å². The third-order valence-corrected chi connectivity index (χ3v) is 9.64. The molecule has 16 heteroatoms. The maximum atomic E-state index is 14.0. The highest BCUT2D eigenvalue weighted by Crippen LogP contribution is 2.47. The lowest BCUT2D eigenvalue weighted by molar-refractivity contribution is -0.217. The molecule has 2 heterocycles. The van der Waals surface area contributed by atoms with Gasteiger partial charge < -0.3 is 18.9 Å². The smallest absolute Gasteiger partial charge is 0.303 e. The Morgan fingerprint density at radius 1 is 0.810 bits per heavy atom. The van der Waals surface area contributed by atoms with E-state index in [9.17, 15) is 28.2 Å². The fourth-order valence-corrected chi connectivity index (χ4v) is 7.14. The highest BCUT2D eigenvalue weighted by molar-refractivity contribution is 7.85. The lowest BCUT2D eigenvalue weighted by Crippen LogP contribution is -2.67. The average Bonchev–Trinajstić information content (AvgIpc) is 3.19. The van der Waals surface area contributed by atoms with E-state index in [1.165, 1.54) is 12.1 Å². The van der Waals surface area contributed by atoms with Crippen LogP contribution >= 0.6 is 46.4 Å². The number of carbonyl (C=O) groups excluding carboxylic acids is 5. The molecule has 2 aromatic rings. The first-order valence-corrected chi connectivity index (χ1v) is 14.8. The van der Waals surface area contributed by atoms with E-state index in [-0.39, 0.29) is 25.0 Å². The molecule has 11 nitrogen and oxygen atoms in total. The summed E-state index contributed by atoms with van der Waals surface area (Å²) in [4.78, 5) is 64.8. The fraction of sp³-hybridized carbons (Fsp3) is 0.346. The lowest BCUT2D eigenvalue weighted by Gasteiger charge is -2.47. The number of esters is 3. The van der Waals surface area contributed by atoms with Crippen molar-refractivity contribution in [2.75, 3.05) is 6.61 Å². The Labute approximate surface area is 261 Å². The molecule has 4 rings (SSSR count). The Morgan fingerprint density at radius 2 is 1.31 bits per heavy atom. The van der Waals surface area contributed by atoms with Crippen LogP contribution in [0.15, 0.2) is 35.2 Å². The molecule has 0 saturated carbocycles. The zero-order chi connectivity index (χ0) is 31.0. The second-order valence-corrected chi connectivity index (χ2v) is 12.1. The minimum absolute atomic E-state index is 0.213. The minimum atomic E-state index is -2.17. The largest absolute Gasteiger partial charge is 0.463 e. The van der Waals surface area contributed by atoms with Crippen LogP contribution in [0.25, 0.3) is 0 Å². The molecular weight excluding hydrogens is 660 g/mol. The molecule has 0 aromatic heterocycles. The quantitative estimate of drug-likeness (QED) is 0.137. The summed E-state index contributed by atoms with van der Waals surface area (Å²) < 4.78 is 36.2. The van der Waals surface area contributed by atoms with Crippen LogP contribution < -0.4 is 0 Å². The van der Waals surface area contributed by atoms with Gasteiger partial charge in [-0.25, -0.2) is 0 Å². The van der Waals surface area contributed by atoms with Gasteiger partial charge in [-0.3, -0.25) is 33.1 Å². The molecule has 1 fully saturated rings. The van der Waals surface area contributed by atoms with Gasteiger partial charge in [-0.05, 0) is 12.1 Å². The summed E-state index contributed by atoms with van der Waals surface area (Å²) in [5.74, 6) is -4.56. The van der Waals surface area contributed by atoms with Gasteiger partial charge in [-0.2, -0.15) is 0 Å². The summed E-state index contributed by atoms with van der Waals surface area (Å²) in [5, 5.41) is -1.31. The van der Waals surface area contributed by atoms with Crippen molar-refractivity contribution in [1.29, 1.82) is 0 Å². The molecule has 0 radical (unpaired) electrons. The molecule has 1 unspecified atom stereocenters. The summed E-state index contributed by atoms with van der Waals surface area (Å²) in [6.07, 6.45) is -4.55. The normalized spacial score (nSPS) is 24.2. The Hall–Kier alpha value is -2.74. The van der Waals surface area contributed by atoms with Crippen molar-refractivity contribution in [3.05, 3.63) is 61.5 Å².